The molecule has 0 saturated heterocycles. The average Bonchev–Trinajstić information content (AvgIpc) is 2.63. The molecule has 0 spiro atoms. The molecule has 0 saturated carbocycles. The predicted octanol–water partition coefficient (Wildman–Crippen LogP) is 5.89. The maximum Gasteiger partial charge on any atom is 0.283 e. The van der Waals surface area contributed by atoms with Crippen molar-refractivity contribution in [1.82, 2.24) is 0 Å². The molecule has 0 aliphatic rings. The van der Waals surface area contributed by atoms with E-state index in [9.17, 15) is 23.2 Å². The Balaban J connectivity index is 2.54. The Hall–Kier alpha value is -1.67. The molecule has 0 aliphatic heterocycles. The van der Waals surface area contributed by atoms with E-state index in [1.54, 1.807) is 0 Å². The van der Waals surface area contributed by atoms with Crippen molar-refractivity contribution in [1.29, 1.82) is 0 Å². The molecule has 5 nitrogen and oxygen atoms in total. The first-order valence-electron chi connectivity index (χ1n) is 7.89. The second-order valence-corrected chi connectivity index (χ2v) is 9.29. The van der Waals surface area contributed by atoms with Gasteiger partial charge in [-0.25, -0.2) is 0 Å². The molecular formula is C19H12Cl4O5S. The number of halogens is 4. The molecule has 3 aromatic carbocycles. The summed E-state index contributed by atoms with van der Waals surface area (Å²) in [4.78, 5) is 0. The standard InChI is InChI=1S/C19H12Cl4O5S/c20-14-6-3-11(7-15(14)21)19(29(26,27)28,10-1-4-13(24)5-2-10)12-8-16(22)18(23)17(25)9-12/h1-9,24-25H,(H,26,27,28). The van der Waals surface area contributed by atoms with Crippen molar-refractivity contribution in [2.45, 2.75) is 4.75 Å². The van der Waals surface area contributed by atoms with E-state index in [-0.39, 0.29) is 42.5 Å². The lowest BCUT2D eigenvalue weighted by Gasteiger charge is -2.33. The van der Waals surface area contributed by atoms with Crippen molar-refractivity contribution in [2.24, 2.45) is 0 Å². The second-order valence-electron chi connectivity index (χ2n) is 6.12. The largest absolute Gasteiger partial charge is 0.508 e. The van der Waals surface area contributed by atoms with Crippen LogP contribution in [-0.4, -0.2) is 23.2 Å². The zero-order valence-electron chi connectivity index (χ0n) is 14.3. The maximum atomic E-state index is 12.9. The molecule has 1 unspecified atom stereocenters. The van der Waals surface area contributed by atoms with Gasteiger partial charge in [-0.05, 0) is 53.1 Å². The maximum absolute atomic E-state index is 12.9. The summed E-state index contributed by atoms with van der Waals surface area (Å²) in [5, 5.41) is 19.7. The summed E-state index contributed by atoms with van der Waals surface area (Å²) in [5.41, 5.74) is -0.0252. The van der Waals surface area contributed by atoms with Crippen LogP contribution in [0.25, 0.3) is 0 Å². The minimum Gasteiger partial charge on any atom is -0.508 e. The molecule has 0 bridgehead atoms. The second kappa shape index (κ2) is 7.87. The smallest absolute Gasteiger partial charge is 0.283 e. The van der Waals surface area contributed by atoms with Gasteiger partial charge in [0.2, 0.25) is 0 Å². The fourth-order valence-corrected chi connectivity index (χ4v) is 5.03. The quantitative estimate of drug-likeness (QED) is 0.311. The van der Waals surface area contributed by atoms with Gasteiger partial charge in [-0.3, -0.25) is 4.55 Å². The third kappa shape index (κ3) is 3.77. The molecule has 29 heavy (non-hydrogen) atoms. The number of rotatable bonds is 4. The van der Waals surface area contributed by atoms with Crippen LogP contribution in [0.5, 0.6) is 11.5 Å². The van der Waals surface area contributed by atoms with Crippen molar-refractivity contribution in [3.05, 3.63) is 91.4 Å². The number of phenols is 2. The highest BCUT2D eigenvalue weighted by Crippen LogP contribution is 2.48. The van der Waals surface area contributed by atoms with Crippen molar-refractivity contribution in [3.8, 4) is 11.5 Å². The third-order valence-corrected chi connectivity index (χ3v) is 7.41. The highest BCUT2D eigenvalue weighted by Gasteiger charge is 2.49. The fraction of sp³-hybridized carbons (Fsp3) is 0.0526. The SMILES string of the molecule is O=S(=O)(O)C(c1ccc(O)cc1)(c1ccc(Cl)c(Cl)c1)c1cc(O)c(Cl)c(Cl)c1. The van der Waals surface area contributed by atoms with E-state index in [1.165, 1.54) is 48.5 Å². The van der Waals surface area contributed by atoms with Crippen LogP contribution in [0.15, 0.2) is 54.6 Å². The first kappa shape index (κ1) is 22.0. The Bertz CT molecular complexity index is 1170. The average molecular weight is 494 g/mol. The van der Waals surface area contributed by atoms with Crippen molar-refractivity contribution in [2.75, 3.05) is 0 Å². The topological polar surface area (TPSA) is 94.8 Å². The zero-order valence-corrected chi connectivity index (χ0v) is 18.1. The van der Waals surface area contributed by atoms with Crippen LogP contribution < -0.4 is 0 Å². The highest BCUT2D eigenvalue weighted by atomic mass is 35.5. The molecule has 1 atom stereocenters. The van der Waals surface area contributed by atoms with Gasteiger partial charge in [0.05, 0.1) is 15.1 Å². The van der Waals surface area contributed by atoms with Gasteiger partial charge in [-0.1, -0.05) is 64.6 Å². The molecule has 3 aromatic rings. The van der Waals surface area contributed by atoms with Crippen molar-refractivity contribution in [3.63, 3.8) is 0 Å². The van der Waals surface area contributed by atoms with Gasteiger partial charge in [0, 0.05) is 0 Å². The van der Waals surface area contributed by atoms with E-state index in [0.29, 0.717) is 0 Å². The lowest BCUT2D eigenvalue weighted by Crippen LogP contribution is -2.38. The fourth-order valence-electron chi connectivity index (χ4n) is 3.14. The molecule has 0 heterocycles. The predicted molar refractivity (Wildman–Crippen MR) is 114 cm³/mol. The van der Waals surface area contributed by atoms with Crippen LogP contribution in [-0.2, 0) is 14.9 Å². The minimum atomic E-state index is -4.97. The minimum absolute atomic E-state index is 0.0258. The van der Waals surface area contributed by atoms with Gasteiger partial charge in [-0.15, -0.1) is 0 Å². The normalized spacial score (nSPS) is 13.8. The number of hydrogen-bond acceptors (Lipinski definition) is 4. The molecule has 3 rings (SSSR count). The molecule has 0 aliphatic carbocycles. The van der Waals surface area contributed by atoms with Gasteiger partial charge in [0.25, 0.3) is 10.1 Å². The Morgan fingerprint density at radius 1 is 0.690 bits per heavy atom. The van der Waals surface area contributed by atoms with E-state index in [0.717, 1.165) is 6.07 Å². The van der Waals surface area contributed by atoms with Crippen LogP contribution in [0.3, 0.4) is 0 Å². The van der Waals surface area contributed by atoms with E-state index in [2.05, 4.69) is 0 Å². The number of hydrogen-bond donors (Lipinski definition) is 3. The Labute approximate surface area is 186 Å². The molecule has 10 heteroatoms. The van der Waals surface area contributed by atoms with Crippen LogP contribution in [0.1, 0.15) is 16.7 Å². The molecule has 0 aromatic heterocycles. The summed E-state index contributed by atoms with van der Waals surface area (Å²) in [5.74, 6) is -0.606. The summed E-state index contributed by atoms with van der Waals surface area (Å²) in [6.45, 7) is 0. The molecular weight excluding hydrogens is 482 g/mol. The van der Waals surface area contributed by atoms with E-state index >= 15 is 0 Å². The number of phenolic OH excluding ortho intramolecular Hbond substituents is 2. The van der Waals surface area contributed by atoms with E-state index in [1.807, 2.05) is 0 Å². The molecule has 152 valence electrons. The molecule has 0 radical (unpaired) electrons. The van der Waals surface area contributed by atoms with Crippen LogP contribution in [0.4, 0.5) is 0 Å². The Kier molecular flexibility index (Phi) is 5.98. The van der Waals surface area contributed by atoms with Gasteiger partial charge < -0.3 is 10.2 Å². The summed E-state index contributed by atoms with van der Waals surface area (Å²) >= 11 is 24.1. The van der Waals surface area contributed by atoms with E-state index in [4.69, 9.17) is 46.4 Å². The van der Waals surface area contributed by atoms with E-state index < -0.39 is 20.6 Å². The summed E-state index contributed by atoms with van der Waals surface area (Å²) < 4.78 is 34.0. The van der Waals surface area contributed by atoms with Gasteiger partial charge in [0.1, 0.15) is 16.5 Å². The van der Waals surface area contributed by atoms with Crippen LogP contribution in [0, 0.1) is 0 Å². The number of aromatic hydroxyl groups is 2. The lowest BCUT2D eigenvalue weighted by atomic mass is 9.84. The van der Waals surface area contributed by atoms with Gasteiger partial charge in [-0.2, -0.15) is 8.42 Å². The van der Waals surface area contributed by atoms with Crippen molar-refractivity contribution < 1.29 is 23.2 Å². The summed E-state index contributed by atoms with van der Waals surface area (Å²) in [6, 6.07) is 11.4. The first-order valence-corrected chi connectivity index (χ1v) is 10.8. The molecule has 3 N–H and O–H groups in total. The third-order valence-electron chi connectivity index (χ3n) is 4.40. The van der Waals surface area contributed by atoms with Gasteiger partial charge in [0.15, 0.2) is 4.75 Å². The van der Waals surface area contributed by atoms with Crippen LogP contribution >= 0.6 is 46.4 Å². The van der Waals surface area contributed by atoms with Crippen molar-refractivity contribution >= 4 is 56.5 Å². The zero-order chi connectivity index (χ0) is 21.6. The molecule has 0 amide bonds. The lowest BCUT2D eigenvalue weighted by molar-refractivity contribution is 0.455. The summed E-state index contributed by atoms with van der Waals surface area (Å²) in [7, 11) is -4.97. The highest BCUT2D eigenvalue weighted by molar-refractivity contribution is 7.87. The number of benzene rings is 3. The first-order chi connectivity index (χ1) is 13.5. The Morgan fingerprint density at radius 2 is 1.24 bits per heavy atom. The summed E-state index contributed by atoms with van der Waals surface area (Å²) in [6.07, 6.45) is 0. The van der Waals surface area contributed by atoms with Gasteiger partial charge >= 0.3 is 0 Å². The monoisotopic (exact) mass is 492 g/mol. The van der Waals surface area contributed by atoms with Crippen LogP contribution in [0.2, 0.25) is 20.1 Å². The molecule has 0 fully saturated rings. The Morgan fingerprint density at radius 3 is 1.76 bits per heavy atom.